The molecule has 0 amide bonds. The van der Waals surface area contributed by atoms with Gasteiger partial charge < -0.3 is 87.5 Å². The number of hydrogen-bond acceptors (Lipinski definition) is 24. The van der Waals surface area contributed by atoms with Crippen LogP contribution in [-0.2, 0) is 38.5 Å². The Labute approximate surface area is 918 Å². The highest BCUT2D eigenvalue weighted by Gasteiger charge is 2.47. The first-order valence-corrected chi connectivity index (χ1v) is 48.2. The molecule has 6 aromatic rings. The number of piperidine rings is 6. The second-order valence-electron chi connectivity index (χ2n) is 39.3. The maximum Gasteiger partial charge on any atom is 0.161 e. The van der Waals surface area contributed by atoms with Crippen molar-refractivity contribution in [1.29, 1.82) is 0 Å². The van der Waals surface area contributed by atoms with E-state index in [1.807, 2.05) is 47.6 Å². The Morgan fingerprint density at radius 1 is 0.277 bits per heavy atom. The van der Waals surface area contributed by atoms with E-state index in [0.29, 0.717) is 144 Å². The third-order valence-corrected chi connectivity index (χ3v) is 27.1. The van der Waals surface area contributed by atoms with Crippen LogP contribution in [0.1, 0.15) is 353 Å². The van der Waals surface area contributed by atoms with Gasteiger partial charge in [-0.1, -0.05) is 103 Å². The first-order chi connectivity index (χ1) is 87.0. The molecule has 141 heavy (non-hydrogen) atoms. The molecule has 786 valence electrons. The molecule has 12 aliphatic rings. The summed E-state index contributed by atoms with van der Waals surface area (Å²) in [6.07, 6.45) is -15.7. The van der Waals surface area contributed by atoms with Crippen LogP contribution >= 0.6 is 0 Å². The van der Waals surface area contributed by atoms with Crippen molar-refractivity contribution < 1.29 is 157 Å². The van der Waals surface area contributed by atoms with Crippen molar-refractivity contribution >= 4 is 0 Å². The number of nitrogens with zero attached hydrogens (tertiary/aromatic N) is 6. The van der Waals surface area contributed by atoms with Crippen molar-refractivity contribution in [3.05, 3.63) is 140 Å². The molecule has 12 aliphatic heterocycles. The summed E-state index contributed by atoms with van der Waals surface area (Å²) in [6.45, 7) is -19.0. The van der Waals surface area contributed by atoms with E-state index in [1.54, 1.807) is 49.5 Å². The Morgan fingerprint density at radius 2 is 0.433 bits per heavy atom. The summed E-state index contributed by atoms with van der Waals surface area (Å²) in [6, 6.07) is 8.86. The number of ether oxygens (including phenoxy) is 12. The highest BCUT2D eigenvalue weighted by molar-refractivity contribution is 5.55. The lowest BCUT2D eigenvalue weighted by atomic mass is 9.75. The van der Waals surface area contributed by atoms with Crippen molar-refractivity contribution in [2.24, 2.45) is 69.5 Å². The van der Waals surface area contributed by atoms with Crippen LogP contribution in [0.15, 0.2) is 72.8 Å². The van der Waals surface area contributed by atoms with Crippen molar-refractivity contribution in [1.82, 2.24) is 29.4 Å². The lowest BCUT2D eigenvalue weighted by molar-refractivity contribution is -0.0259. The minimum atomic E-state index is -3.40. The summed E-state index contributed by atoms with van der Waals surface area (Å²) in [4.78, 5) is 7.78. The number of rotatable bonds is 21. The normalized spacial score (nSPS) is 39.1. The van der Waals surface area contributed by atoms with E-state index in [-0.39, 0.29) is 116 Å². The summed E-state index contributed by atoms with van der Waals surface area (Å²) < 4.78 is 485. The highest BCUT2D eigenvalue weighted by atomic mass is 16.5. The molecule has 6 N–H and O–H groups in total. The maximum atomic E-state index is 11.2. The van der Waals surface area contributed by atoms with Gasteiger partial charge in [-0.25, -0.2) is 0 Å². The highest BCUT2D eigenvalue weighted by Crippen LogP contribution is 2.53. The van der Waals surface area contributed by atoms with Gasteiger partial charge in [-0.3, -0.25) is 29.4 Å². The van der Waals surface area contributed by atoms with Crippen LogP contribution in [-0.4, -0.2) is 260 Å². The Bertz CT molecular complexity index is 7110. The monoisotopic (exact) mass is 2010 g/mol. The first-order valence-electron chi connectivity index (χ1n) is 73.7. The van der Waals surface area contributed by atoms with E-state index >= 15 is 0 Å². The summed E-state index contributed by atoms with van der Waals surface area (Å²) >= 11 is 0. The second kappa shape index (κ2) is 48.4. The molecule has 0 bridgehead atoms. The molecule has 18 atom stereocenters. The van der Waals surface area contributed by atoms with Gasteiger partial charge in [-0.05, 0) is 324 Å². The molecule has 18 unspecified atom stereocenters. The Balaban J connectivity index is 0.000000187. The lowest BCUT2D eigenvalue weighted by Gasteiger charge is -2.47. The van der Waals surface area contributed by atoms with Crippen LogP contribution in [0.5, 0.6) is 69.0 Å². The number of benzene rings is 6. The zero-order valence-electron chi connectivity index (χ0n) is 135. The SMILES string of the molecule is [2H]C([2H])([2H])Oc1cc2c(cc1OC)CCN1C2([2H])CC(O)C(C([2H])([2H])C(C)(C([2H])([2H])[2H])C([2H])([2H])[2H])C1([2H])[2H].[2H]C([2H])([2H])Oc1cc2c(cc1OC)CCN1C2([2H])CC(O)C(CC(C)C)C1([2H])[2H].[2H]C([2H])([2H])Oc1cc2c(cc1OC)CCN1C2([2H])CC(O)C(CC(C)C)C1([2H])[2H].[2H]C12CC(O)C(C([2H])([2H])C(C)(C([2H])([2H])[2H])C([2H])([2H])[2H])C([2H])([2H])N1CCc1cc(OC)c(OC)cc12.[2H]C12CC(O)C(C([2H])([2H])C(C)(C([2H])([2H])[2H])C([2H])([2H])[2H])C([2H])([2H])N1CCc1cc(OC)c(OC)cc12.[2H]C12CC(O)C(CC(C)C)C([2H])([2H])N1CCc1cc(OC)c(OC)cc12. The molecular formula is C117H180N6O18. The fraction of sp³-hybridized carbons (Fsp3) is 0.692. The number of hydrogen-bond donors (Lipinski definition) is 6. The minimum absolute atomic E-state index is 0.0147. The molecule has 24 nitrogen and oxygen atoms in total. The molecule has 0 spiro atoms. The predicted molar refractivity (Wildman–Crippen MR) is 561 cm³/mol. The fourth-order valence-corrected chi connectivity index (χ4v) is 20.5. The standard InChI is InChI=1S/3C20H31NO3.3C19H29NO3/c3*1-20(2,3)11-14-12-21-7-6-13-8-18(23-4)19(24-5)9-15(13)16(21)10-17(14)22;3*1-12(2)7-14-11-20-6-5-13-8-18(22-3)19(23-4)9-15(13)16(20)10-17(14)21/h3*8-9,14,16-17,22H,6-7,10-12H2,1-5H3;3*8-9,12,14,16-17,21H,5-7,10-11H2,1-4H3/i1D3,2D3,5D3,11D2,12D2,16D;2*1D3,2D3,11D2,12D2,16D;2*4D3,11D2,16D;11D2,16D. The van der Waals surface area contributed by atoms with Gasteiger partial charge >= 0.3 is 0 Å². The van der Waals surface area contributed by atoms with Gasteiger partial charge in [0, 0.05) is 164 Å². The minimum Gasteiger partial charge on any atom is -0.493 e. The van der Waals surface area contributed by atoms with Crippen molar-refractivity contribution in [2.75, 3.05) is 163 Å². The van der Waals surface area contributed by atoms with E-state index in [0.717, 1.165) is 45.2 Å². The average molecular weight is 2010 g/mol. The van der Waals surface area contributed by atoms with Gasteiger partial charge in [0.2, 0.25) is 0 Å². The van der Waals surface area contributed by atoms with Gasteiger partial charge in [0.15, 0.2) is 69.0 Å². The zero-order valence-corrected chi connectivity index (χ0v) is 84.2. The molecule has 18 rings (SSSR count). The molecule has 0 radical (unpaired) electrons. The maximum absolute atomic E-state index is 11.2. The van der Waals surface area contributed by atoms with Crippen molar-refractivity contribution in [3.8, 4) is 69.0 Å². The van der Waals surface area contributed by atoms with E-state index in [4.69, 9.17) is 123 Å². The molecule has 24 heteroatoms. The van der Waals surface area contributed by atoms with Crippen LogP contribution in [0.3, 0.4) is 0 Å². The molecule has 6 aromatic carbocycles. The third-order valence-electron chi connectivity index (χ3n) is 27.1. The van der Waals surface area contributed by atoms with Gasteiger partial charge in [-0.15, -0.1) is 0 Å². The van der Waals surface area contributed by atoms with E-state index in [9.17, 15) is 34.8 Å². The average Bonchev–Trinajstić information content (AvgIpc) is 0.684. The second-order valence-corrected chi connectivity index (χ2v) is 39.3. The van der Waals surface area contributed by atoms with Gasteiger partial charge in [0.1, 0.15) is 0 Å². The molecule has 0 aromatic heterocycles. The first kappa shape index (κ1) is 60.7. The largest absolute Gasteiger partial charge is 0.493 e. The summed E-state index contributed by atoms with van der Waals surface area (Å²) in [5.74, 6) is -4.42. The van der Waals surface area contributed by atoms with Gasteiger partial charge in [0.05, 0.1) is 142 Å². The van der Waals surface area contributed by atoms with E-state index in [2.05, 4.69) is 0 Å². The van der Waals surface area contributed by atoms with Crippen LogP contribution in [0.25, 0.3) is 0 Å². The van der Waals surface area contributed by atoms with Crippen molar-refractivity contribution in [3.63, 3.8) is 0 Å². The molecule has 6 fully saturated rings. The summed E-state index contributed by atoms with van der Waals surface area (Å²) in [7, 11) is 4.74. The topological polar surface area (TPSA) is 252 Å². The van der Waals surface area contributed by atoms with Crippen LogP contribution in [0.2, 0.25) is 0 Å². The Morgan fingerprint density at radius 3 is 0.589 bits per heavy atom. The van der Waals surface area contributed by atoms with Crippen LogP contribution in [0.4, 0.5) is 0 Å². The molecule has 0 saturated carbocycles. The smallest absolute Gasteiger partial charge is 0.161 e. The van der Waals surface area contributed by atoms with E-state index < -0.39 is 264 Å². The zero-order chi connectivity index (χ0) is 146. The van der Waals surface area contributed by atoms with Crippen LogP contribution in [0, 0.1) is 69.5 Å². The number of methoxy groups -OCH3 is 12. The Hall–Kier alpha value is -7.56. The van der Waals surface area contributed by atoms with Gasteiger partial charge in [-0.2, -0.15) is 0 Å². The fourth-order valence-electron chi connectivity index (χ4n) is 20.5. The Kier molecular flexibility index (Phi) is 20.8. The number of aliphatic hydroxyl groups excluding tert-OH is 6. The van der Waals surface area contributed by atoms with Crippen LogP contribution < -0.4 is 56.8 Å². The lowest BCUT2D eigenvalue weighted by Crippen LogP contribution is -2.48. The number of fused-ring (bicyclic) bond motifs is 18. The molecule has 0 aliphatic carbocycles. The van der Waals surface area contributed by atoms with Gasteiger partial charge in [0.25, 0.3) is 0 Å². The summed E-state index contributed by atoms with van der Waals surface area (Å²) in [5, 5.41) is 65.8. The number of aliphatic hydroxyl groups is 6. The van der Waals surface area contributed by atoms with Crippen molar-refractivity contribution in [2.45, 2.75) is 292 Å². The molecule has 12 heterocycles. The quantitative estimate of drug-likeness (QED) is 0.0392. The molecule has 6 saturated heterocycles. The summed E-state index contributed by atoms with van der Waals surface area (Å²) in [5.41, 5.74) is -2.34. The predicted octanol–water partition coefficient (Wildman–Crippen LogP) is 19.3. The molecular weight excluding hydrogens is 1780 g/mol. The third kappa shape index (κ3) is 26.9. The van der Waals surface area contributed by atoms with E-state index in [1.165, 1.54) is 96.0 Å².